The first-order valence-electron chi connectivity index (χ1n) is 8.21. The van der Waals surface area contributed by atoms with Gasteiger partial charge >= 0.3 is 0 Å². The van der Waals surface area contributed by atoms with Crippen LogP contribution in [-0.2, 0) is 4.79 Å². The number of piperazine rings is 1. The summed E-state index contributed by atoms with van der Waals surface area (Å²) in [5.74, 6) is -0.673. The minimum absolute atomic E-state index is 0.0585. The van der Waals surface area contributed by atoms with Gasteiger partial charge in [0, 0.05) is 43.0 Å². The predicted molar refractivity (Wildman–Crippen MR) is 93.5 cm³/mol. The van der Waals surface area contributed by atoms with Crippen LogP contribution in [0.15, 0.2) is 12.1 Å². The van der Waals surface area contributed by atoms with E-state index in [-0.39, 0.29) is 33.6 Å². The Labute approximate surface area is 153 Å². The molecular weight excluding hydrogens is 368 g/mol. The lowest BCUT2D eigenvalue weighted by molar-refractivity contribution is -0.138. The average Bonchev–Trinajstić information content (AvgIpc) is 2.95. The van der Waals surface area contributed by atoms with E-state index in [1.807, 2.05) is 4.90 Å². The highest BCUT2D eigenvalue weighted by atomic mass is 35.5. The number of H-pyrrole nitrogens is 1. The number of piperidine rings is 1. The topological polar surface area (TPSA) is 56.4 Å². The molecule has 2 fully saturated rings. The molecule has 1 aromatic carbocycles. The van der Waals surface area contributed by atoms with E-state index < -0.39 is 5.82 Å². The van der Waals surface area contributed by atoms with Crippen molar-refractivity contribution in [3.63, 3.8) is 0 Å². The Balaban J connectivity index is 1.63. The number of benzene rings is 1. The molecular formula is C17H16Cl2FN3O2. The van der Waals surface area contributed by atoms with Gasteiger partial charge in [-0.15, -0.1) is 0 Å². The van der Waals surface area contributed by atoms with E-state index in [2.05, 4.69) is 4.98 Å². The maximum absolute atomic E-state index is 13.7. The maximum atomic E-state index is 13.7. The summed E-state index contributed by atoms with van der Waals surface area (Å²) in [6.45, 7) is 1.47. The molecule has 1 atom stereocenters. The third kappa shape index (κ3) is 2.68. The van der Waals surface area contributed by atoms with Crippen molar-refractivity contribution in [3.05, 3.63) is 33.7 Å². The molecule has 1 aromatic heterocycles. The lowest BCUT2D eigenvalue weighted by atomic mass is 9.99. The molecule has 5 nitrogen and oxygen atoms in total. The first kappa shape index (κ1) is 16.7. The van der Waals surface area contributed by atoms with Crippen LogP contribution in [0.1, 0.15) is 29.8 Å². The number of rotatable bonds is 1. The lowest BCUT2D eigenvalue weighted by Gasteiger charge is -2.43. The first-order chi connectivity index (χ1) is 12.0. The second kappa shape index (κ2) is 6.18. The van der Waals surface area contributed by atoms with Gasteiger partial charge < -0.3 is 14.8 Å². The van der Waals surface area contributed by atoms with Crippen molar-refractivity contribution in [2.75, 3.05) is 19.6 Å². The highest BCUT2D eigenvalue weighted by Crippen LogP contribution is 2.35. The molecule has 25 heavy (non-hydrogen) atoms. The molecule has 132 valence electrons. The molecule has 8 heteroatoms. The predicted octanol–water partition coefficient (Wildman–Crippen LogP) is 3.45. The summed E-state index contributed by atoms with van der Waals surface area (Å²) >= 11 is 12.3. The van der Waals surface area contributed by atoms with Gasteiger partial charge in [-0.2, -0.15) is 0 Å². The monoisotopic (exact) mass is 383 g/mol. The van der Waals surface area contributed by atoms with E-state index in [4.69, 9.17) is 23.2 Å². The number of halogens is 3. The highest BCUT2D eigenvalue weighted by molar-refractivity contribution is 6.44. The van der Waals surface area contributed by atoms with Gasteiger partial charge in [0.2, 0.25) is 5.91 Å². The van der Waals surface area contributed by atoms with Crippen LogP contribution in [0.25, 0.3) is 10.9 Å². The Morgan fingerprint density at radius 3 is 2.84 bits per heavy atom. The van der Waals surface area contributed by atoms with Crippen molar-refractivity contribution in [2.45, 2.75) is 25.3 Å². The van der Waals surface area contributed by atoms with Crippen molar-refractivity contribution in [1.29, 1.82) is 0 Å². The Morgan fingerprint density at radius 1 is 1.24 bits per heavy atom. The molecule has 0 bridgehead atoms. The molecule has 3 heterocycles. The van der Waals surface area contributed by atoms with Crippen molar-refractivity contribution in [2.24, 2.45) is 0 Å². The van der Waals surface area contributed by atoms with Crippen molar-refractivity contribution in [3.8, 4) is 0 Å². The fourth-order valence-electron chi connectivity index (χ4n) is 3.74. The van der Waals surface area contributed by atoms with Gasteiger partial charge in [-0.1, -0.05) is 23.2 Å². The summed E-state index contributed by atoms with van der Waals surface area (Å²) in [5.41, 5.74) is 0.728. The van der Waals surface area contributed by atoms with Gasteiger partial charge in [0.05, 0.1) is 10.0 Å². The number of aromatic nitrogens is 1. The third-order valence-electron chi connectivity index (χ3n) is 5.03. The van der Waals surface area contributed by atoms with E-state index in [0.717, 1.165) is 12.8 Å². The van der Waals surface area contributed by atoms with Crippen LogP contribution in [0.2, 0.25) is 10.0 Å². The fourth-order valence-corrected chi connectivity index (χ4v) is 4.37. The Bertz CT molecular complexity index is 882. The molecule has 0 saturated carbocycles. The molecule has 4 rings (SSSR count). The maximum Gasteiger partial charge on any atom is 0.271 e. The average molecular weight is 384 g/mol. The van der Waals surface area contributed by atoms with Gasteiger partial charge in [0.15, 0.2) is 0 Å². The number of hydrogen-bond acceptors (Lipinski definition) is 2. The Kier molecular flexibility index (Phi) is 4.12. The largest absolute Gasteiger partial charge is 0.349 e. The standard InChI is InChI=1S/C17H16Cl2FN3O2/c18-14-10(20)4-5-11-13(14)15(19)16(21-11)17(25)22-6-7-23-9(8-22)2-1-3-12(23)24/h4-5,9,21H,1-3,6-8H2. The third-order valence-corrected chi connectivity index (χ3v) is 5.77. The van der Waals surface area contributed by atoms with E-state index in [1.165, 1.54) is 12.1 Å². The van der Waals surface area contributed by atoms with Gasteiger partial charge in [0.25, 0.3) is 5.91 Å². The molecule has 0 spiro atoms. The normalized spacial score (nSPS) is 20.9. The van der Waals surface area contributed by atoms with Crippen LogP contribution in [-0.4, -0.2) is 52.3 Å². The quantitative estimate of drug-likeness (QED) is 0.819. The number of carbonyl (C=O) groups excluding carboxylic acids is 2. The minimum atomic E-state index is -0.580. The summed E-state index contributed by atoms with van der Waals surface area (Å²) in [5, 5.41) is 0.352. The summed E-state index contributed by atoms with van der Waals surface area (Å²) in [6, 6.07) is 2.80. The van der Waals surface area contributed by atoms with Gasteiger partial charge in [-0.05, 0) is 25.0 Å². The van der Waals surface area contributed by atoms with Gasteiger partial charge in [-0.25, -0.2) is 4.39 Å². The summed E-state index contributed by atoms with van der Waals surface area (Å²) in [7, 11) is 0. The second-order valence-electron chi connectivity index (χ2n) is 6.48. The number of aromatic amines is 1. The molecule has 2 aliphatic rings. The van der Waals surface area contributed by atoms with Crippen molar-refractivity contribution >= 4 is 45.9 Å². The Hall–Kier alpha value is -1.79. The van der Waals surface area contributed by atoms with Gasteiger partial charge in [0.1, 0.15) is 11.5 Å². The molecule has 2 saturated heterocycles. The first-order valence-corrected chi connectivity index (χ1v) is 8.97. The van der Waals surface area contributed by atoms with E-state index in [1.54, 1.807) is 4.90 Å². The van der Waals surface area contributed by atoms with E-state index in [9.17, 15) is 14.0 Å². The lowest BCUT2D eigenvalue weighted by Crippen LogP contribution is -2.58. The molecule has 0 aliphatic carbocycles. The Morgan fingerprint density at radius 2 is 2.04 bits per heavy atom. The van der Waals surface area contributed by atoms with Crippen LogP contribution >= 0.6 is 23.2 Å². The number of nitrogens with zero attached hydrogens (tertiary/aromatic N) is 2. The summed E-state index contributed by atoms with van der Waals surface area (Å²) < 4.78 is 13.7. The molecule has 1 N–H and O–H groups in total. The van der Waals surface area contributed by atoms with Gasteiger partial charge in [-0.3, -0.25) is 9.59 Å². The molecule has 2 aliphatic heterocycles. The number of carbonyl (C=O) groups is 2. The highest BCUT2D eigenvalue weighted by Gasteiger charge is 2.36. The molecule has 2 aromatic rings. The van der Waals surface area contributed by atoms with E-state index >= 15 is 0 Å². The van der Waals surface area contributed by atoms with Crippen LogP contribution in [0.3, 0.4) is 0 Å². The summed E-state index contributed by atoms with van der Waals surface area (Å²) in [4.78, 5) is 31.4. The zero-order valence-corrected chi connectivity index (χ0v) is 14.8. The number of hydrogen-bond donors (Lipinski definition) is 1. The molecule has 0 radical (unpaired) electrons. The zero-order chi connectivity index (χ0) is 17.7. The smallest absolute Gasteiger partial charge is 0.271 e. The van der Waals surface area contributed by atoms with Crippen LogP contribution in [0.5, 0.6) is 0 Å². The van der Waals surface area contributed by atoms with Crippen LogP contribution < -0.4 is 0 Å². The van der Waals surface area contributed by atoms with E-state index in [0.29, 0.717) is 37.0 Å². The molecule has 2 amide bonds. The van der Waals surface area contributed by atoms with Crippen molar-refractivity contribution in [1.82, 2.24) is 14.8 Å². The van der Waals surface area contributed by atoms with Crippen LogP contribution in [0, 0.1) is 5.82 Å². The molecule has 1 unspecified atom stereocenters. The SMILES string of the molecule is O=C(c1[nH]c2ccc(F)c(Cl)c2c1Cl)N1CCN2C(=O)CCCC2C1. The fraction of sp³-hybridized carbons (Fsp3) is 0.412. The van der Waals surface area contributed by atoms with Crippen LogP contribution in [0.4, 0.5) is 4.39 Å². The minimum Gasteiger partial charge on any atom is -0.349 e. The second-order valence-corrected chi connectivity index (χ2v) is 7.24. The summed E-state index contributed by atoms with van der Waals surface area (Å²) in [6.07, 6.45) is 2.33. The number of amides is 2. The number of nitrogens with one attached hydrogen (secondary N) is 1. The number of fused-ring (bicyclic) bond motifs is 2. The van der Waals surface area contributed by atoms with Crippen molar-refractivity contribution < 1.29 is 14.0 Å². The zero-order valence-electron chi connectivity index (χ0n) is 13.3.